The van der Waals surface area contributed by atoms with Crippen LogP contribution in [0.25, 0.3) is 0 Å². The van der Waals surface area contributed by atoms with E-state index in [9.17, 15) is 4.79 Å². The third-order valence-corrected chi connectivity index (χ3v) is 5.19. The summed E-state index contributed by atoms with van der Waals surface area (Å²) in [5.74, 6) is -0.0183. The molecule has 132 valence electrons. The molecule has 6 nitrogen and oxygen atoms in total. The Morgan fingerprint density at radius 2 is 2.00 bits per heavy atom. The first kappa shape index (κ1) is 16.1. The molecule has 1 amide bonds. The van der Waals surface area contributed by atoms with Gasteiger partial charge in [-0.25, -0.2) is 0 Å². The van der Waals surface area contributed by atoms with Crippen LogP contribution < -0.4 is 10.2 Å². The van der Waals surface area contributed by atoms with E-state index < -0.39 is 0 Å². The summed E-state index contributed by atoms with van der Waals surface area (Å²) in [5.41, 5.74) is 4.24. The number of carbonyl (C=O) groups is 1. The number of nitrogens with one attached hydrogen (secondary N) is 1. The SMILES string of the molecule is Cn1ncc2c1CCC[C@@H]2NC(=O)c1ccc(N2CCOCC2)cc1. The molecule has 1 aromatic heterocycles. The smallest absolute Gasteiger partial charge is 0.251 e. The molecule has 1 saturated heterocycles. The largest absolute Gasteiger partial charge is 0.378 e. The highest BCUT2D eigenvalue weighted by atomic mass is 16.5. The fourth-order valence-corrected chi connectivity index (χ4v) is 3.74. The molecule has 1 N–H and O–H groups in total. The summed E-state index contributed by atoms with van der Waals surface area (Å²) in [5, 5.41) is 7.52. The Kier molecular flexibility index (Phi) is 4.44. The average molecular weight is 340 g/mol. The van der Waals surface area contributed by atoms with Crippen molar-refractivity contribution in [2.75, 3.05) is 31.2 Å². The van der Waals surface area contributed by atoms with E-state index in [4.69, 9.17) is 4.74 Å². The molecule has 0 radical (unpaired) electrons. The fraction of sp³-hybridized carbons (Fsp3) is 0.474. The normalized spacial score (nSPS) is 20.2. The number of ether oxygens (including phenoxy) is 1. The number of hydrogen-bond acceptors (Lipinski definition) is 4. The third-order valence-electron chi connectivity index (χ3n) is 5.19. The predicted molar refractivity (Wildman–Crippen MR) is 95.8 cm³/mol. The summed E-state index contributed by atoms with van der Waals surface area (Å²) >= 11 is 0. The summed E-state index contributed by atoms with van der Waals surface area (Å²) in [6.07, 6.45) is 4.97. The van der Waals surface area contributed by atoms with Gasteiger partial charge in [0.15, 0.2) is 0 Å². The maximum absolute atomic E-state index is 12.6. The molecular formula is C19H24N4O2. The fourth-order valence-electron chi connectivity index (χ4n) is 3.74. The first-order chi connectivity index (χ1) is 12.2. The second-order valence-electron chi connectivity index (χ2n) is 6.73. The quantitative estimate of drug-likeness (QED) is 0.929. The van der Waals surface area contributed by atoms with Gasteiger partial charge in [-0.1, -0.05) is 0 Å². The van der Waals surface area contributed by atoms with Gasteiger partial charge in [-0.05, 0) is 43.5 Å². The molecule has 25 heavy (non-hydrogen) atoms. The number of fused-ring (bicyclic) bond motifs is 1. The zero-order chi connectivity index (χ0) is 17.2. The number of amides is 1. The van der Waals surface area contributed by atoms with Crippen molar-refractivity contribution in [3.63, 3.8) is 0 Å². The zero-order valence-electron chi connectivity index (χ0n) is 14.6. The lowest BCUT2D eigenvalue weighted by Crippen LogP contribution is -2.36. The second-order valence-corrected chi connectivity index (χ2v) is 6.73. The van der Waals surface area contributed by atoms with Crippen molar-refractivity contribution < 1.29 is 9.53 Å². The summed E-state index contributed by atoms with van der Waals surface area (Å²) in [6, 6.07) is 7.93. The van der Waals surface area contributed by atoms with Gasteiger partial charge >= 0.3 is 0 Å². The molecule has 1 atom stereocenters. The predicted octanol–water partition coefficient (Wildman–Crippen LogP) is 2.06. The molecule has 1 aromatic carbocycles. The molecule has 0 unspecified atom stereocenters. The van der Waals surface area contributed by atoms with Gasteiger partial charge in [-0.3, -0.25) is 9.48 Å². The molecule has 1 aliphatic carbocycles. The van der Waals surface area contributed by atoms with Crippen molar-refractivity contribution in [2.45, 2.75) is 25.3 Å². The van der Waals surface area contributed by atoms with Crippen LogP contribution in [0.4, 0.5) is 5.69 Å². The van der Waals surface area contributed by atoms with Crippen LogP contribution in [0.5, 0.6) is 0 Å². The Labute approximate surface area is 147 Å². The van der Waals surface area contributed by atoms with E-state index in [1.54, 1.807) is 0 Å². The summed E-state index contributed by atoms with van der Waals surface area (Å²) in [4.78, 5) is 14.9. The highest BCUT2D eigenvalue weighted by Crippen LogP contribution is 2.29. The summed E-state index contributed by atoms with van der Waals surface area (Å²) in [7, 11) is 1.97. The molecule has 0 saturated carbocycles. The lowest BCUT2D eigenvalue weighted by Gasteiger charge is -2.29. The minimum Gasteiger partial charge on any atom is -0.378 e. The Balaban J connectivity index is 1.45. The van der Waals surface area contributed by atoms with Crippen molar-refractivity contribution in [3.8, 4) is 0 Å². The maximum atomic E-state index is 12.6. The van der Waals surface area contributed by atoms with Gasteiger partial charge in [0.25, 0.3) is 5.91 Å². The van der Waals surface area contributed by atoms with Crippen LogP contribution in [0, 0.1) is 0 Å². The first-order valence-electron chi connectivity index (χ1n) is 8.97. The first-order valence-corrected chi connectivity index (χ1v) is 8.97. The molecular weight excluding hydrogens is 316 g/mol. The Hall–Kier alpha value is -2.34. The van der Waals surface area contributed by atoms with E-state index in [1.807, 2.05) is 42.2 Å². The van der Waals surface area contributed by atoms with Crippen LogP contribution in [-0.2, 0) is 18.2 Å². The molecule has 2 aliphatic rings. The van der Waals surface area contributed by atoms with Gasteiger partial charge in [0.05, 0.1) is 25.5 Å². The molecule has 0 spiro atoms. The molecule has 1 aliphatic heterocycles. The van der Waals surface area contributed by atoms with Crippen molar-refractivity contribution in [1.82, 2.24) is 15.1 Å². The molecule has 1 fully saturated rings. The second kappa shape index (κ2) is 6.88. The van der Waals surface area contributed by atoms with Crippen LogP contribution in [0.3, 0.4) is 0 Å². The highest BCUT2D eigenvalue weighted by Gasteiger charge is 2.25. The van der Waals surface area contributed by atoms with Gasteiger partial charge in [-0.15, -0.1) is 0 Å². The number of benzene rings is 1. The molecule has 2 heterocycles. The lowest BCUT2D eigenvalue weighted by molar-refractivity contribution is 0.0932. The van der Waals surface area contributed by atoms with Gasteiger partial charge in [0, 0.05) is 42.6 Å². The molecule has 6 heteroatoms. The zero-order valence-corrected chi connectivity index (χ0v) is 14.6. The maximum Gasteiger partial charge on any atom is 0.251 e. The number of carbonyl (C=O) groups excluding carboxylic acids is 1. The van der Waals surface area contributed by atoms with Crippen LogP contribution in [0.1, 0.15) is 40.5 Å². The summed E-state index contributed by atoms with van der Waals surface area (Å²) in [6.45, 7) is 3.32. The van der Waals surface area contributed by atoms with Crippen LogP contribution in [0.15, 0.2) is 30.5 Å². The van der Waals surface area contributed by atoms with Gasteiger partial charge in [0.1, 0.15) is 0 Å². The van der Waals surface area contributed by atoms with Gasteiger partial charge in [-0.2, -0.15) is 5.10 Å². The number of aromatic nitrogens is 2. The van der Waals surface area contributed by atoms with E-state index in [0.29, 0.717) is 5.56 Å². The standard InChI is InChI=1S/C19H24N4O2/c1-22-18-4-2-3-17(16(18)13-20-22)21-19(24)14-5-7-15(8-6-14)23-9-11-25-12-10-23/h5-8,13,17H,2-4,9-12H2,1H3,(H,21,24)/t17-/m0/s1. The van der Waals surface area contributed by atoms with Crippen LogP contribution in [-0.4, -0.2) is 42.0 Å². The van der Waals surface area contributed by atoms with Crippen molar-refractivity contribution in [3.05, 3.63) is 47.3 Å². The van der Waals surface area contributed by atoms with Crippen molar-refractivity contribution >= 4 is 11.6 Å². The van der Waals surface area contributed by atoms with Crippen LogP contribution in [0.2, 0.25) is 0 Å². The number of morpholine rings is 1. The number of anilines is 1. The van der Waals surface area contributed by atoms with Crippen molar-refractivity contribution in [1.29, 1.82) is 0 Å². The Morgan fingerprint density at radius 1 is 1.24 bits per heavy atom. The van der Waals surface area contributed by atoms with Crippen LogP contribution >= 0.6 is 0 Å². The Morgan fingerprint density at radius 3 is 2.76 bits per heavy atom. The molecule has 4 rings (SSSR count). The number of hydrogen-bond donors (Lipinski definition) is 1. The summed E-state index contributed by atoms with van der Waals surface area (Å²) < 4.78 is 7.31. The number of aryl methyl sites for hydroxylation is 1. The topological polar surface area (TPSA) is 59.4 Å². The minimum atomic E-state index is -0.0183. The Bertz CT molecular complexity index is 747. The lowest BCUT2D eigenvalue weighted by atomic mass is 9.93. The molecule has 0 bridgehead atoms. The van der Waals surface area contributed by atoms with Crippen molar-refractivity contribution in [2.24, 2.45) is 7.05 Å². The van der Waals surface area contributed by atoms with E-state index in [0.717, 1.165) is 56.8 Å². The van der Waals surface area contributed by atoms with E-state index in [-0.39, 0.29) is 11.9 Å². The van der Waals surface area contributed by atoms with E-state index in [2.05, 4.69) is 15.3 Å². The third kappa shape index (κ3) is 3.26. The molecule has 2 aromatic rings. The van der Waals surface area contributed by atoms with E-state index in [1.165, 1.54) is 5.69 Å². The van der Waals surface area contributed by atoms with E-state index >= 15 is 0 Å². The number of nitrogens with zero attached hydrogens (tertiary/aromatic N) is 3. The van der Waals surface area contributed by atoms with Gasteiger partial charge < -0.3 is 15.0 Å². The average Bonchev–Trinajstić information content (AvgIpc) is 3.05. The number of rotatable bonds is 3. The monoisotopic (exact) mass is 340 g/mol. The highest BCUT2D eigenvalue weighted by molar-refractivity contribution is 5.94. The van der Waals surface area contributed by atoms with Gasteiger partial charge in [0.2, 0.25) is 0 Å². The minimum absolute atomic E-state index is 0.0183.